The molecule has 0 aliphatic heterocycles. The molecule has 0 spiro atoms. The third kappa shape index (κ3) is 7.65. The highest BCUT2D eigenvalue weighted by Gasteiger charge is 2.21. The molecule has 0 atom stereocenters. The quantitative estimate of drug-likeness (QED) is 0.145. The van der Waals surface area contributed by atoms with Crippen molar-refractivity contribution in [3.8, 4) is 101 Å². The van der Waals surface area contributed by atoms with E-state index in [0.29, 0.717) is 5.82 Å². The number of hydrogen-bond donors (Lipinski definition) is 0. The lowest BCUT2D eigenvalue weighted by Crippen LogP contribution is -1.96. The fraction of sp³-hybridized carbons (Fsp3) is 0. The zero-order valence-electron chi connectivity index (χ0n) is 40.1. The molecule has 0 saturated carbocycles. The minimum Gasteiger partial charge on any atom is -0.455 e. The Morgan fingerprint density at radius 2 is 0.649 bits per heavy atom. The van der Waals surface area contributed by atoms with Crippen molar-refractivity contribution in [2.45, 2.75) is 0 Å². The summed E-state index contributed by atoms with van der Waals surface area (Å²) in [6, 6.07) is 93.8. The van der Waals surface area contributed by atoms with Crippen LogP contribution >= 0.6 is 0 Å². The van der Waals surface area contributed by atoms with Crippen LogP contribution < -0.4 is 0 Å². The van der Waals surface area contributed by atoms with E-state index in [4.69, 9.17) is 18.8 Å². The van der Waals surface area contributed by atoms with Crippen LogP contribution in [0.1, 0.15) is 0 Å². The molecule has 74 heavy (non-hydrogen) atoms. The number of para-hydroxylation sites is 2. The van der Waals surface area contributed by atoms with Crippen molar-refractivity contribution in [2.75, 3.05) is 0 Å². The van der Waals surface area contributed by atoms with Crippen molar-refractivity contribution in [2.24, 2.45) is 0 Å². The lowest BCUT2D eigenvalue weighted by atomic mass is 9.94. The van der Waals surface area contributed by atoms with Gasteiger partial charge in [-0.05, 0) is 80.4 Å². The van der Waals surface area contributed by atoms with Crippen LogP contribution in [0.15, 0.2) is 276 Å². The van der Waals surface area contributed by atoms with E-state index in [2.05, 4.69) is 237 Å². The molecule has 346 valence electrons. The summed E-state index contributed by atoms with van der Waals surface area (Å²) in [5.74, 6) is 0.635. The molecular formula is C70H44N2O2. The second kappa shape index (κ2) is 18.1. The van der Waals surface area contributed by atoms with Gasteiger partial charge in [-0.2, -0.15) is 0 Å². The molecule has 0 aliphatic carbocycles. The van der Waals surface area contributed by atoms with Gasteiger partial charge in [-0.15, -0.1) is 0 Å². The summed E-state index contributed by atoms with van der Waals surface area (Å²) in [6.07, 6.45) is 0. The van der Waals surface area contributed by atoms with Gasteiger partial charge in [-0.1, -0.05) is 237 Å². The molecule has 3 aromatic heterocycles. The Morgan fingerprint density at radius 3 is 1.26 bits per heavy atom. The molecule has 0 saturated heterocycles. The molecule has 0 bridgehead atoms. The van der Waals surface area contributed by atoms with Gasteiger partial charge in [0.05, 0.1) is 11.4 Å². The first kappa shape index (κ1) is 42.9. The van der Waals surface area contributed by atoms with Crippen LogP contribution in [0.3, 0.4) is 0 Å². The van der Waals surface area contributed by atoms with Gasteiger partial charge in [0.1, 0.15) is 22.3 Å². The molecule has 0 aliphatic rings. The van der Waals surface area contributed by atoms with Gasteiger partial charge in [0.25, 0.3) is 0 Å². The summed E-state index contributed by atoms with van der Waals surface area (Å²) in [7, 11) is 0. The van der Waals surface area contributed by atoms with E-state index in [9.17, 15) is 0 Å². The van der Waals surface area contributed by atoms with Crippen molar-refractivity contribution >= 4 is 43.9 Å². The summed E-state index contributed by atoms with van der Waals surface area (Å²) in [6.45, 7) is 0. The van der Waals surface area contributed by atoms with Crippen molar-refractivity contribution in [3.63, 3.8) is 0 Å². The van der Waals surface area contributed by atoms with Crippen LogP contribution in [0.2, 0.25) is 0 Å². The Labute approximate surface area is 428 Å². The van der Waals surface area contributed by atoms with E-state index in [1.807, 2.05) is 30.3 Å². The van der Waals surface area contributed by atoms with Gasteiger partial charge in [0, 0.05) is 54.9 Å². The fourth-order valence-electron chi connectivity index (χ4n) is 10.7. The Morgan fingerprint density at radius 1 is 0.230 bits per heavy atom. The number of furan rings is 2. The van der Waals surface area contributed by atoms with E-state index < -0.39 is 0 Å². The van der Waals surface area contributed by atoms with Crippen LogP contribution in [0.4, 0.5) is 0 Å². The van der Waals surface area contributed by atoms with Gasteiger partial charge in [0.2, 0.25) is 0 Å². The Kier molecular flexibility index (Phi) is 10.5. The number of rotatable bonds is 9. The summed E-state index contributed by atoms with van der Waals surface area (Å²) >= 11 is 0. The maximum Gasteiger partial charge on any atom is 0.161 e. The van der Waals surface area contributed by atoms with Crippen molar-refractivity contribution in [3.05, 3.63) is 267 Å². The minimum absolute atomic E-state index is 0.635. The normalized spacial score (nSPS) is 11.5. The molecule has 0 unspecified atom stereocenters. The SMILES string of the molecule is c1ccc(-c2cc(-c3ccccc3)c3oc4cccc(-c5nc(-c6ccccc6)cc(-c6ccc(-c7ccc(-c8cccc(-c9cccc%10c9oc9c(-c%11ccccc%11)cccc9%10)c8)cc7)cc6)n5)c4c3c2)cc1. The Balaban J connectivity index is 0.805. The van der Waals surface area contributed by atoms with Crippen molar-refractivity contribution in [1.82, 2.24) is 9.97 Å². The lowest BCUT2D eigenvalue weighted by Gasteiger charge is -2.11. The van der Waals surface area contributed by atoms with Crippen LogP contribution in [-0.4, -0.2) is 9.97 Å². The predicted molar refractivity (Wildman–Crippen MR) is 306 cm³/mol. The predicted octanol–water partition coefficient (Wildman–Crippen LogP) is 19.3. The van der Waals surface area contributed by atoms with Gasteiger partial charge in [-0.3, -0.25) is 0 Å². The molecule has 4 heteroatoms. The van der Waals surface area contributed by atoms with E-state index in [-0.39, 0.29) is 0 Å². The third-order valence-corrected chi connectivity index (χ3v) is 14.3. The zero-order valence-corrected chi connectivity index (χ0v) is 40.1. The average molecular weight is 945 g/mol. The molecule has 14 rings (SSSR count). The van der Waals surface area contributed by atoms with E-state index >= 15 is 0 Å². The molecular weight excluding hydrogens is 901 g/mol. The van der Waals surface area contributed by atoms with Crippen LogP contribution in [0.25, 0.3) is 145 Å². The molecule has 14 aromatic rings. The molecule has 4 nitrogen and oxygen atoms in total. The molecule has 0 radical (unpaired) electrons. The van der Waals surface area contributed by atoms with E-state index in [0.717, 1.165) is 139 Å². The highest BCUT2D eigenvalue weighted by atomic mass is 16.3. The Bertz CT molecular complexity index is 4370. The number of aromatic nitrogens is 2. The van der Waals surface area contributed by atoms with Gasteiger partial charge in [0.15, 0.2) is 5.82 Å². The van der Waals surface area contributed by atoms with Crippen LogP contribution in [-0.2, 0) is 0 Å². The molecule has 3 heterocycles. The van der Waals surface area contributed by atoms with Crippen LogP contribution in [0.5, 0.6) is 0 Å². The number of benzene rings is 11. The highest BCUT2D eigenvalue weighted by Crippen LogP contribution is 2.44. The second-order valence-corrected chi connectivity index (χ2v) is 18.8. The summed E-state index contributed by atoms with van der Waals surface area (Å²) in [4.78, 5) is 10.7. The maximum atomic E-state index is 6.81. The fourth-order valence-corrected chi connectivity index (χ4v) is 10.7. The smallest absolute Gasteiger partial charge is 0.161 e. The third-order valence-electron chi connectivity index (χ3n) is 14.3. The highest BCUT2D eigenvalue weighted by molar-refractivity contribution is 6.16. The lowest BCUT2D eigenvalue weighted by molar-refractivity contribution is 0.670. The second-order valence-electron chi connectivity index (χ2n) is 18.8. The van der Waals surface area contributed by atoms with Crippen LogP contribution in [0, 0.1) is 0 Å². The van der Waals surface area contributed by atoms with Crippen molar-refractivity contribution in [1.29, 1.82) is 0 Å². The number of fused-ring (bicyclic) bond motifs is 6. The van der Waals surface area contributed by atoms with E-state index in [1.165, 1.54) is 0 Å². The minimum atomic E-state index is 0.635. The first-order valence-electron chi connectivity index (χ1n) is 25.0. The molecule has 0 fully saturated rings. The molecule has 0 N–H and O–H groups in total. The monoisotopic (exact) mass is 944 g/mol. The standard InChI is InChI=1S/C70H44N2O2/c1-5-17-45(18-6-1)55-42-61(50-21-9-3-10-22-50)69-62(43-55)66-60(31-16-32-65(66)73-69)70-71-63(51-23-11-4-12-24-51)44-64(72-70)52-39-37-47(38-40-52)46-33-35-48(36-34-46)53-25-13-26-54(41-53)57-28-15-30-59-58-29-14-27-56(67(58)74-68(57)59)49-19-7-2-8-20-49/h1-44H. The van der Waals surface area contributed by atoms with Crippen molar-refractivity contribution < 1.29 is 8.83 Å². The Hall–Kier alpha value is -9.90. The summed E-state index contributed by atoms with van der Waals surface area (Å²) < 4.78 is 13.6. The summed E-state index contributed by atoms with van der Waals surface area (Å²) in [5, 5.41) is 4.24. The van der Waals surface area contributed by atoms with Gasteiger partial charge < -0.3 is 8.83 Å². The van der Waals surface area contributed by atoms with E-state index in [1.54, 1.807) is 0 Å². The first-order chi connectivity index (χ1) is 36.7. The van der Waals surface area contributed by atoms with Gasteiger partial charge >= 0.3 is 0 Å². The topological polar surface area (TPSA) is 52.1 Å². The number of nitrogens with zero attached hydrogens (tertiary/aromatic N) is 2. The summed E-state index contributed by atoms with van der Waals surface area (Å²) in [5.41, 5.74) is 21.4. The molecule has 11 aromatic carbocycles. The maximum absolute atomic E-state index is 6.81. The average Bonchev–Trinajstić information content (AvgIpc) is 4.08. The zero-order chi connectivity index (χ0) is 49.0. The van der Waals surface area contributed by atoms with Gasteiger partial charge in [-0.25, -0.2) is 9.97 Å². The largest absolute Gasteiger partial charge is 0.455 e. The number of hydrogen-bond acceptors (Lipinski definition) is 4. The first-order valence-corrected chi connectivity index (χ1v) is 25.0. The molecule has 0 amide bonds.